The second-order valence-electron chi connectivity index (χ2n) is 5.81. The predicted octanol–water partition coefficient (Wildman–Crippen LogP) is 4.32. The molecule has 27 heavy (non-hydrogen) atoms. The fraction of sp³-hybridized carbons (Fsp3) is 0.381. The van der Waals surface area contributed by atoms with E-state index in [1.54, 1.807) is 18.2 Å². The van der Waals surface area contributed by atoms with Gasteiger partial charge in [-0.2, -0.15) is 0 Å². The fourth-order valence-electron chi connectivity index (χ4n) is 2.43. The molecule has 0 aliphatic rings. The van der Waals surface area contributed by atoms with E-state index in [1.165, 1.54) is 0 Å². The van der Waals surface area contributed by atoms with Gasteiger partial charge in [0, 0.05) is 23.5 Å². The number of rotatable bonds is 11. The number of carbonyl (C=O) groups is 1. The first kappa shape index (κ1) is 20.4. The van der Waals surface area contributed by atoms with E-state index in [1.807, 2.05) is 38.1 Å². The van der Waals surface area contributed by atoms with Crippen LogP contribution in [0, 0.1) is 0 Å². The predicted molar refractivity (Wildman–Crippen MR) is 108 cm³/mol. The molecule has 6 heteroatoms. The van der Waals surface area contributed by atoms with Gasteiger partial charge < -0.3 is 24.8 Å². The molecule has 2 rings (SSSR count). The Bertz CT molecular complexity index is 734. The molecule has 0 radical (unpaired) electrons. The summed E-state index contributed by atoms with van der Waals surface area (Å²) >= 11 is 0. The average Bonchev–Trinajstić information content (AvgIpc) is 2.67. The maximum atomic E-state index is 12.2. The van der Waals surface area contributed by atoms with Gasteiger partial charge in [0.2, 0.25) is 5.91 Å². The van der Waals surface area contributed by atoms with Crippen molar-refractivity contribution < 1.29 is 19.0 Å². The van der Waals surface area contributed by atoms with Gasteiger partial charge in [-0.25, -0.2) is 0 Å². The van der Waals surface area contributed by atoms with Gasteiger partial charge in [0.1, 0.15) is 5.75 Å². The molecule has 0 heterocycles. The monoisotopic (exact) mass is 372 g/mol. The van der Waals surface area contributed by atoms with Crippen LogP contribution in [-0.2, 0) is 4.79 Å². The van der Waals surface area contributed by atoms with Crippen molar-refractivity contribution in [3.63, 3.8) is 0 Å². The van der Waals surface area contributed by atoms with Gasteiger partial charge in [-0.15, -0.1) is 0 Å². The third kappa shape index (κ3) is 6.73. The maximum absolute atomic E-state index is 12.2. The lowest BCUT2D eigenvalue weighted by Crippen LogP contribution is -2.21. The van der Waals surface area contributed by atoms with Gasteiger partial charge in [-0.05, 0) is 44.5 Å². The van der Waals surface area contributed by atoms with E-state index in [0.29, 0.717) is 37.0 Å². The first-order valence-corrected chi connectivity index (χ1v) is 9.32. The van der Waals surface area contributed by atoms with Crippen molar-refractivity contribution in [2.45, 2.75) is 27.2 Å². The zero-order valence-corrected chi connectivity index (χ0v) is 16.2. The quantitative estimate of drug-likeness (QED) is 0.615. The van der Waals surface area contributed by atoms with Crippen LogP contribution >= 0.6 is 0 Å². The van der Waals surface area contributed by atoms with Crippen LogP contribution in [0.25, 0.3) is 0 Å². The van der Waals surface area contributed by atoms with Crippen LogP contribution in [-0.4, -0.2) is 32.3 Å². The number of hydrogen-bond donors (Lipinski definition) is 2. The Morgan fingerprint density at radius 3 is 2.41 bits per heavy atom. The molecular weight excluding hydrogens is 344 g/mol. The van der Waals surface area contributed by atoms with Gasteiger partial charge >= 0.3 is 0 Å². The average molecular weight is 372 g/mol. The van der Waals surface area contributed by atoms with Crippen LogP contribution in [0.3, 0.4) is 0 Å². The van der Waals surface area contributed by atoms with E-state index in [-0.39, 0.29) is 12.5 Å². The molecule has 0 saturated carbocycles. The number of amides is 1. The number of anilines is 2. The third-order valence-electron chi connectivity index (χ3n) is 3.59. The Labute approximate surface area is 160 Å². The van der Waals surface area contributed by atoms with Crippen molar-refractivity contribution in [2.75, 3.05) is 37.0 Å². The summed E-state index contributed by atoms with van der Waals surface area (Å²) < 4.78 is 16.7. The Morgan fingerprint density at radius 1 is 0.889 bits per heavy atom. The molecule has 0 saturated heterocycles. The van der Waals surface area contributed by atoms with E-state index in [0.717, 1.165) is 17.9 Å². The lowest BCUT2D eigenvalue weighted by atomic mass is 10.2. The minimum absolute atomic E-state index is 0.147. The van der Waals surface area contributed by atoms with Crippen molar-refractivity contribution in [1.29, 1.82) is 0 Å². The largest absolute Gasteiger partial charge is 0.494 e. The van der Waals surface area contributed by atoms with Crippen LogP contribution < -0.4 is 24.8 Å². The van der Waals surface area contributed by atoms with Crippen molar-refractivity contribution in [3.05, 3.63) is 42.5 Å². The molecule has 0 aliphatic carbocycles. The molecule has 0 fully saturated rings. The van der Waals surface area contributed by atoms with Gasteiger partial charge in [0.25, 0.3) is 0 Å². The minimum atomic E-state index is -0.151. The Balaban J connectivity index is 1.92. The zero-order valence-electron chi connectivity index (χ0n) is 16.2. The summed E-state index contributed by atoms with van der Waals surface area (Å²) in [6, 6.07) is 12.9. The highest BCUT2D eigenvalue weighted by molar-refractivity contribution is 5.94. The molecular formula is C21H28N2O4. The molecule has 6 nitrogen and oxygen atoms in total. The normalized spacial score (nSPS) is 10.2. The van der Waals surface area contributed by atoms with Crippen LogP contribution in [0.15, 0.2) is 42.5 Å². The van der Waals surface area contributed by atoms with Crippen LogP contribution in [0.4, 0.5) is 11.4 Å². The summed E-state index contributed by atoms with van der Waals surface area (Å²) in [7, 11) is 0. The molecule has 0 aliphatic heterocycles. The summed E-state index contributed by atoms with van der Waals surface area (Å²) in [5.41, 5.74) is 1.49. The summed E-state index contributed by atoms with van der Waals surface area (Å²) in [6.07, 6.45) is 0.950. The highest BCUT2D eigenvalue weighted by Crippen LogP contribution is 2.30. The number of hydrogen-bond acceptors (Lipinski definition) is 5. The van der Waals surface area contributed by atoms with Crippen molar-refractivity contribution in [1.82, 2.24) is 0 Å². The van der Waals surface area contributed by atoms with Crippen LogP contribution in [0.2, 0.25) is 0 Å². The Hall–Kier alpha value is -2.89. The van der Waals surface area contributed by atoms with E-state index in [9.17, 15) is 4.79 Å². The van der Waals surface area contributed by atoms with Gasteiger partial charge in [0.15, 0.2) is 11.5 Å². The van der Waals surface area contributed by atoms with Crippen molar-refractivity contribution in [2.24, 2.45) is 0 Å². The highest BCUT2D eigenvalue weighted by Gasteiger charge is 2.09. The zero-order chi connectivity index (χ0) is 19.5. The molecule has 2 N–H and O–H groups in total. The molecule has 2 aromatic rings. The summed E-state index contributed by atoms with van der Waals surface area (Å²) in [4.78, 5) is 12.2. The van der Waals surface area contributed by atoms with E-state index in [4.69, 9.17) is 14.2 Å². The molecule has 0 spiro atoms. The smallest absolute Gasteiger partial charge is 0.243 e. The summed E-state index contributed by atoms with van der Waals surface area (Å²) in [6.45, 7) is 7.78. The van der Waals surface area contributed by atoms with Crippen molar-refractivity contribution in [3.8, 4) is 17.2 Å². The second kappa shape index (κ2) is 11.0. The van der Waals surface area contributed by atoms with Gasteiger partial charge in [0.05, 0.1) is 26.4 Å². The number of carbonyl (C=O) groups excluding carboxylic acids is 1. The molecule has 1 amide bonds. The molecule has 0 aromatic heterocycles. The lowest BCUT2D eigenvalue weighted by Gasteiger charge is -2.13. The molecule has 146 valence electrons. The SMILES string of the molecule is CCCOc1cccc(NCC(=O)Nc2ccc(OCC)c(OCC)c2)c1. The summed E-state index contributed by atoms with van der Waals surface area (Å²) in [5, 5.41) is 5.97. The van der Waals surface area contributed by atoms with Crippen LogP contribution in [0.1, 0.15) is 27.2 Å². The third-order valence-corrected chi connectivity index (χ3v) is 3.59. The molecule has 0 bridgehead atoms. The van der Waals surface area contributed by atoms with E-state index in [2.05, 4.69) is 17.6 Å². The Morgan fingerprint density at radius 2 is 1.67 bits per heavy atom. The van der Waals surface area contributed by atoms with Gasteiger partial charge in [-0.1, -0.05) is 13.0 Å². The number of ether oxygens (including phenoxy) is 3. The molecule has 0 atom stereocenters. The summed E-state index contributed by atoms with van der Waals surface area (Å²) in [5.74, 6) is 1.92. The number of benzene rings is 2. The van der Waals surface area contributed by atoms with Crippen LogP contribution in [0.5, 0.6) is 17.2 Å². The highest BCUT2D eigenvalue weighted by atomic mass is 16.5. The lowest BCUT2D eigenvalue weighted by molar-refractivity contribution is -0.114. The molecule has 2 aromatic carbocycles. The second-order valence-corrected chi connectivity index (χ2v) is 5.81. The molecule has 0 unspecified atom stereocenters. The standard InChI is InChI=1S/C21H28N2O4/c1-4-12-27-18-9-7-8-16(13-18)22-15-21(24)23-17-10-11-19(25-5-2)20(14-17)26-6-3/h7-11,13-14,22H,4-6,12,15H2,1-3H3,(H,23,24). The van der Waals surface area contributed by atoms with E-state index < -0.39 is 0 Å². The van der Waals surface area contributed by atoms with Gasteiger partial charge in [-0.3, -0.25) is 4.79 Å². The first-order chi connectivity index (χ1) is 13.2. The fourth-order valence-corrected chi connectivity index (χ4v) is 2.43. The maximum Gasteiger partial charge on any atom is 0.243 e. The Kier molecular flexibility index (Phi) is 8.29. The van der Waals surface area contributed by atoms with E-state index >= 15 is 0 Å². The van der Waals surface area contributed by atoms with Crippen molar-refractivity contribution >= 4 is 17.3 Å². The minimum Gasteiger partial charge on any atom is -0.494 e. The number of nitrogens with one attached hydrogen (secondary N) is 2. The topological polar surface area (TPSA) is 68.8 Å². The first-order valence-electron chi connectivity index (χ1n) is 9.32.